The zero-order valence-electron chi connectivity index (χ0n) is 17.4. The molecule has 0 N–H and O–H groups in total. The van der Waals surface area contributed by atoms with Gasteiger partial charge in [-0.2, -0.15) is 13.2 Å². The number of ether oxygens (including phenoxy) is 1. The molecule has 1 fully saturated rings. The van der Waals surface area contributed by atoms with Crippen LogP contribution >= 0.6 is 0 Å². The third-order valence-electron chi connectivity index (χ3n) is 6.16. The summed E-state index contributed by atoms with van der Waals surface area (Å²) in [4.78, 5) is 2.22. The van der Waals surface area contributed by atoms with Crippen LogP contribution in [0, 0.1) is 5.82 Å². The van der Waals surface area contributed by atoms with E-state index >= 15 is 0 Å². The van der Waals surface area contributed by atoms with Crippen LogP contribution in [0.25, 0.3) is 11.0 Å². The Morgan fingerprint density at radius 2 is 1.74 bits per heavy atom. The molecule has 0 radical (unpaired) electrons. The molecule has 166 valence electrons. The standard InChI is InChI=1S/C22H24F4N4O/c1-29-9-7-21(8-10-29,16-3-5-18(23)6-4-16)14-31-13-15-11-17(22(24,25)26)12-19-20(15)27-28-30(19)2/h3-6,11-12H,7-10,13-14H2,1-2H3. The number of nitrogens with zero attached hydrogens (tertiary/aromatic N) is 4. The van der Waals surface area contributed by atoms with Crippen LogP contribution in [0.1, 0.15) is 29.5 Å². The van der Waals surface area contributed by atoms with Gasteiger partial charge in [-0.05, 0) is 62.8 Å². The average Bonchev–Trinajstić information content (AvgIpc) is 3.11. The molecule has 0 unspecified atom stereocenters. The Morgan fingerprint density at radius 3 is 2.39 bits per heavy atom. The highest BCUT2D eigenvalue weighted by Gasteiger charge is 2.36. The average molecular weight is 436 g/mol. The fourth-order valence-corrected chi connectivity index (χ4v) is 4.20. The van der Waals surface area contributed by atoms with E-state index in [0.29, 0.717) is 23.2 Å². The number of benzene rings is 2. The van der Waals surface area contributed by atoms with E-state index in [2.05, 4.69) is 15.2 Å². The number of fused-ring (bicyclic) bond motifs is 1. The first-order valence-corrected chi connectivity index (χ1v) is 10.1. The Morgan fingerprint density at radius 1 is 1.06 bits per heavy atom. The molecule has 1 aromatic heterocycles. The highest BCUT2D eigenvalue weighted by Crippen LogP contribution is 2.37. The predicted molar refractivity (Wildman–Crippen MR) is 108 cm³/mol. The minimum absolute atomic E-state index is 0.0160. The molecule has 0 saturated carbocycles. The molecule has 1 saturated heterocycles. The molecule has 0 atom stereocenters. The molecular formula is C22H24F4N4O. The maximum absolute atomic E-state index is 13.5. The lowest BCUT2D eigenvalue weighted by Crippen LogP contribution is -2.43. The van der Waals surface area contributed by atoms with Crippen molar-refractivity contribution in [1.29, 1.82) is 0 Å². The summed E-state index contributed by atoms with van der Waals surface area (Å²) in [6.07, 6.45) is -2.84. The molecule has 0 aliphatic carbocycles. The second kappa shape index (κ2) is 8.20. The molecule has 31 heavy (non-hydrogen) atoms. The lowest BCUT2D eigenvalue weighted by Gasteiger charge is -2.41. The monoisotopic (exact) mass is 436 g/mol. The van der Waals surface area contributed by atoms with Crippen molar-refractivity contribution in [2.45, 2.75) is 31.0 Å². The fourth-order valence-electron chi connectivity index (χ4n) is 4.20. The summed E-state index contributed by atoms with van der Waals surface area (Å²) in [5.41, 5.74) is 0.964. The summed E-state index contributed by atoms with van der Waals surface area (Å²) < 4.78 is 60.9. The van der Waals surface area contributed by atoms with E-state index in [9.17, 15) is 17.6 Å². The number of hydrogen-bond acceptors (Lipinski definition) is 4. The smallest absolute Gasteiger partial charge is 0.376 e. The number of alkyl halides is 3. The first kappa shape index (κ1) is 21.7. The fraction of sp³-hybridized carbons (Fsp3) is 0.455. The van der Waals surface area contributed by atoms with Crippen LogP contribution in [0.4, 0.5) is 17.6 Å². The minimum atomic E-state index is -4.48. The molecule has 2 aromatic carbocycles. The summed E-state index contributed by atoms with van der Waals surface area (Å²) in [6.45, 7) is 2.03. The minimum Gasteiger partial charge on any atom is -0.376 e. The summed E-state index contributed by atoms with van der Waals surface area (Å²) in [7, 11) is 3.60. The first-order chi connectivity index (χ1) is 14.7. The van der Waals surface area contributed by atoms with Crippen molar-refractivity contribution in [3.05, 3.63) is 58.9 Å². The number of aryl methyl sites for hydroxylation is 1. The maximum Gasteiger partial charge on any atom is 0.416 e. The summed E-state index contributed by atoms with van der Waals surface area (Å²) in [6, 6.07) is 8.55. The van der Waals surface area contributed by atoms with Crippen molar-refractivity contribution in [1.82, 2.24) is 19.9 Å². The summed E-state index contributed by atoms with van der Waals surface area (Å²) in [5, 5.41) is 7.88. The van der Waals surface area contributed by atoms with E-state index in [0.717, 1.165) is 43.6 Å². The lowest BCUT2D eigenvalue weighted by atomic mass is 9.73. The van der Waals surface area contributed by atoms with Crippen molar-refractivity contribution in [3.63, 3.8) is 0 Å². The molecule has 1 aliphatic rings. The van der Waals surface area contributed by atoms with Crippen LogP contribution in [-0.4, -0.2) is 46.6 Å². The van der Waals surface area contributed by atoms with Gasteiger partial charge in [-0.3, -0.25) is 0 Å². The Balaban J connectivity index is 1.59. The van der Waals surface area contributed by atoms with Crippen LogP contribution in [0.2, 0.25) is 0 Å². The quantitative estimate of drug-likeness (QED) is 0.560. The Hall–Kier alpha value is -2.52. The number of likely N-dealkylation sites (tertiary alicyclic amines) is 1. The van der Waals surface area contributed by atoms with Gasteiger partial charge < -0.3 is 9.64 Å². The van der Waals surface area contributed by atoms with Gasteiger partial charge in [0.15, 0.2) is 0 Å². The number of halogens is 4. The molecule has 5 nitrogen and oxygen atoms in total. The molecule has 2 heterocycles. The highest BCUT2D eigenvalue weighted by molar-refractivity contribution is 5.79. The molecule has 0 amide bonds. The number of rotatable bonds is 5. The third-order valence-corrected chi connectivity index (χ3v) is 6.16. The largest absolute Gasteiger partial charge is 0.416 e. The Kier molecular flexibility index (Phi) is 5.74. The Labute approximate surface area is 177 Å². The zero-order chi connectivity index (χ0) is 22.2. The van der Waals surface area contributed by atoms with Crippen LogP contribution in [0.3, 0.4) is 0 Å². The van der Waals surface area contributed by atoms with Crippen LogP contribution in [-0.2, 0) is 30.0 Å². The van der Waals surface area contributed by atoms with Gasteiger partial charge in [0.2, 0.25) is 0 Å². The normalized spacial score (nSPS) is 17.4. The van der Waals surface area contributed by atoms with Crippen LogP contribution in [0.15, 0.2) is 36.4 Å². The van der Waals surface area contributed by atoms with Gasteiger partial charge in [-0.25, -0.2) is 9.07 Å². The van der Waals surface area contributed by atoms with Crippen molar-refractivity contribution < 1.29 is 22.3 Å². The van der Waals surface area contributed by atoms with Gasteiger partial charge in [0.25, 0.3) is 0 Å². The highest BCUT2D eigenvalue weighted by atomic mass is 19.4. The van der Waals surface area contributed by atoms with Crippen LogP contribution < -0.4 is 0 Å². The second-order valence-electron chi connectivity index (χ2n) is 8.30. The number of hydrogen-bond donors (Lipinski definition) is 0. The number of piperidine rings is 1. The molecule has 4 rings (SSSR count). The van der Waals surface area contributed by atoms with E-state index in [1.165, 1.54) is 16.8 Å². The molecule has 1 aliphatic heterocycles. The van der Waals surface area contributed by atoms with E-state index < -0.39 is 11.7 Å². The molecule has 0 bridgehead atoms. The van der Waals surface area contributed by atoms with E-state index in [-0.39, 0.29) is 17.8 Å². The summed E-state index contributed by atoms with van der Waals surface area (Å²) in [5.74, 6) is -0.304. The maximum atomic E-state index is 13.5. The lowest BCUT2D eigenvalue weighted by molar-refractivity contribution is -0.137. The van der Waals surface area contributed by atoms with E-state index in [1.807, 2.05) is 7.05 Å². The zero-order valence-corrected chi connectivity index (χ0v) is 17.4. The van der Waals surface area contributed by atoms with Gasteiger partial charge in [0.05, 0.1) is 24.3 Å². The van der Waals surface area contributed by atoms with Crippen molar-refractivity contribution in [3.8, 4) is 0 Å². The Bertz CT molecular complexity index is 1050. The van der Waals surface area contributed by atoms with E-state index in [1.54, 1.807) is 19.2 Å². The molecule has 0 spiro atoms. The van der Waals surface area contributed by atoms with Gasteiger partial charge in [0.1, 0.15) is 11.3 Å². The van der Waals surface area contributed by atoms with Crippen LogP contribution in [0.5, 0.6) is 0 Å². The van der Waals surface area contributed by atoms with E-state index in [4.69, 9.17) is 4.74 Å². The predicted octanol–water partition coefficient (Wildman–Crippen LogP) is 4.31. The summed E-state index contributed by atoms with van der Waals surface area (Å²) >= 11 is 0. The van der Waals surface area contributed by atoms with Crippen molar-refractivity contribution in [2.75, 3.05) is 26.7 Å². The van der Waals surface area contributed by atoms with Gasteiger partial charge in [0, 0.05) is 18.0 Å². The van der Waals surface area contributed by atoms with Crippen molar-refractivity contribution in [2.24, 2.45) is 7.05 Å². The third kappa shape index (κ3) is 4.43. The van der Waals surface area contributed by atoms with Gasteiger partial charge >= 0.3 is 6.18 Å². The topological polar surface area (TPSA) is 43.2 Å². The second-order valence-corrected chi connectivity index (χ2v) is 8.30. The number of aromatic nitrogens is 3. The molecular weight excluding hydrogens is 412 g/mol. The molecule has 9 heteroatoms. The SMILES string of the molecule is CN1CCC(COCc2cc(C(F)(F)F)cc3c2nnn3C)(c2ccc(F)cc2)CC1. The first-order valence-electron chi connectivity index (χ1n) is 10.1. The van der Waals surface area contributed by atoms with Crippen molar-refractivity contribution >= 4 is 11.0 Å². The van der Waals surface area contributed by atoms with Gasteiger partial charge in [-0.15, -0.1) is 5.10 Å². The molecule has 3 aromatic rings. The van der Waals surface area contributed by atoms with Gasteiger partial charge in [-0.1, -0.05) is 17.3 Å².